The molecule has 0 radical (unpaired) electrons. The van der Waals surface area contributed by atoms with Crippen LogP contribution in [-0.4, -0.2) is 17.3 Å². The van der Waals surface area contributed by atoms with Crippen molar-refractivity contribution in [2.75, 3.05) is 5.88 Å². The van der Waals surface area contributed by atoms with Gasteiger partial charge in [-0.2, -0.15) is 0 Å². The summed E-state index contributed by atoms with van der Waals surface area (Å²) in [6.07, 6.45) is 1.63. The summed E-state index contributed by atoms with van der Waals surface area (Å²) in [6, 6.07) is 7.33. The molecule has 1 N–H and O–H groups in total. The van der Waals surface area contributed by atoms with Gasteiger partial charge in [0.25, 0.3) is 5.91 Å². The predicted molar refractivity (Wildman–Crippen MR) is 75.6 cm³/mol. The average molecular weight is 319 g/mol. The number of carbonyl (C=O) groups excluding carboxylic acids is 1. The average Bonchev–Trinajstić information content (AvgIpc) is 2.30. The van der Waals surface area contributed by atoms with E-state index in [1.165, 1.54) is 0 Å². The van der Waals surface area contributed by atoms with E-state index in [9.17, 15) is 4.79 Å². The largest absolute Gasteiger partial charge is 0.347 e. The molecule has 0 saturated heterocycles. The van der Waals surface area contributed by atoms with E-state index < -0.39 is 0 Å². The number of alkyl halides is 1. The summed E-state index contributed by atoms with van der Waals surface area (Å²) in [5.41, 5.74) is 0.439. The molecule has 0 aromatic heterocycles. The first-order valence-electron chi connectivity index (χ1n) is 5.65. The van der Waals surface area contributed by atoms with Crippen LogP contribution >= 0.6 is 27.5 Å². The molecular weight excluding hydrogens is 302 g/mol. The topological polar surface area (TPSA) is 29.1 Å². The zero-order chi connectivity index (χ0) is 12.9. The first kappa shape index (κ1) is 14.5. The third-order valence-electron chi connectivity index (χ3n) is 2.95. The summed E-state index contributed by atoms with van der Waals surface area (Å²) in [6.45, 7) is 4.07. The van der Waals surface area contributed by atoms with Crippen LogP contribution in [-0.2, 0) is 0 Å². The molecule has 1 amide bonds. The number of halogens is 2. The molecule has 1 aromatic carbocycles. The predicted octanol–water partition coefficient (Wildman–Crippen LogP) is 3.98. The Balaban J connectivity index is 2.74. The lowest BCUT2D eigenvalue weighted by Crippen LogP contribution is -2.45. The molecule has 2 nitrogen and oxygen atoms in total. The third-order valence-corrected chi connectivity index (χ3v) is 3.67. The van der Waals surface area contributed by atoms with E-state index in [1.807, 2.05) is 19.1 Å². The van der Waals surface area contributed by atoms with Gasteiger partial charge < -0.3 is 5.32 Å². The number of carbonyl (C=O) groups is 1. The van der Waals surface area contributed by atoms with Crippen molar-refractivity contribution in [2.45, 2.75) is 32.2 Å². The Labute approximate surface area is 116 Å². The van der Waals surface area contributed by atoms with Crippen molar-refractivity contribution < 1.29 is 4.79 Å². The molecule has 1 atom stereocenters. The van der Waals surface area contributed by atoms with Gasteiger partial charge in [-0.05, 0) is 44.0 Å². The van der Waals surface area contributed by atoms with Gasteiger partial charge in [-0.25, -0.2) is 0 Å². The summed E-state index contributed by atoms with van der Waals surface area (Å²) in [5.74, 6) is 0.497. The van der Waals surface area contributed by atoms with Crippen LogP contribution in [0.4, 0.5) is 0 Å². The standard InChI is InChI=1S/C13H17BrClNO/c1-3-13(2,8-9-15)16-12(17)10-4-6-11(14)7-5-10/h4-7H,3,8-9H2,1-2H3,(H,16,17). The Hall–Kier alpha value is -0.540. The normalized spacial score (nSPS) is 14.1. The molecule has 1 aromatic rings. The molecule has 1 rings (SSSR count). The highest BCUT2D eigenvalue weighted by molar-refractivity contribution is 9.10. The molecule has 0 aliphatic rings. The second-order valence-corrected chi connectivity index (χ2v) is 5.61. The van der Waals surface area contributed by atoms with Crippen molar-refractivity contribution in [1.82, 2.24) is 5.32 Å². The van der Waals surface area contributed by atoms with E-state index in [1.54, 1.807) is 12.1 Å². The Bertz CT molecular complexity index is 380. The van der Waals surface area contributed by atoms with Gasteiger partial charge in [0.15, 0.2) is 0 Å². The van der Waals surface area contributed by atoms with Gasteiger partial charge in [0.05, 0.1) is 0 Å². The maximum absolute atomic E-state index is 12.0. The van der Waals surface area contributed by atoms with Gasteiger partial charge in [0.2, 0.25) is 0 Å². The maximum atomic E-state index is 12.0. The van der Waals surface area contributed by atoms with Gasteiger partial charge in [-0.1, -0.05) is 22.9 Å². The number of benzene rings is 1. The number of rotatable bonds is 5. The zero-order valence-electron chi connectivity index (χ0n) is 10.1. The second kappa shape index (κ2) is 6.41. The Kier molecular flexibility index (Phi) is 5.47. The third kappa shape index (κ3) is 4.32. The minimum atomic E-state index is -0.230. The van der Waals surface area contributed by atoms with Crippen molar-refractivity contribution in [3.05, 3.63) is 34.3 Å². The zero-order valence-corrected chi connectivity index (χ0v) is 12.4. The minimum absolute atomic E-state index is 0.0491. The van der Waals surface area contributed by atoms with Gasteiger partial charge in [-0.15, -0.1) is 11.6 Å². The van der Waals surface area contributed by atoms with Gasteiger partial charge >= 0.3 is 0 Å². The summed E-state index contributed by atoms with van der Waals surface area (Å²) in [4.78, 5) is 12.0. The summed E-state index contributed by atoms with van der Waals surface area (Å²) >= 11 is 9.10. The van der Waals surface area contributed by atoms with Crippen LogP contribution in [0.5, 0.6) is 0 Å². The second-order valence-electron chi connectivity index (χ2n) is 4.31. The van der Waals surface area contributed by atoms with E-state index in [0.717, 1.165) is 17.3 Å². The fourth-order valence-electron chi connectivity index (χ4n) is 1.48. The van der Waals surface area contributed by atoms with Crippen LogP contribution < -0.4 is 5.32 Å². The SMILES string of the molecule is CCC(C)(CCCl)NC(=O)c1ccc(Br)cc1. The molecule has 94 valence electrons. The number of hydrogen-bond donors (Lipinski definition) is 1. The highest BCUT2D eigenvalue weighted by atomic mass is 79.9. The van der Waals surface area contributed by atoms with Crippen molar-refractivity contribution in [1.29, 1.82) is 0 Å². The molecule has 0 aliphatic heterocycles. The lowest BCUT2D eigenvalue weighted by molar-refractivity contribution is 0.0901. The van der Waals surface area contributed by atoms with E-state index in [-0.39, 0.29) is 11.4 Å². The minimum Gasteiger partial charge on any atom is -0.347 e. The van der Waals surface area contributed by atoms with Crippen molar-refractivity contribution in [2.24, 2.45) is 0 Å². The van der Waals surface area contributed by atoms with Crippen molar-refractivity contribution >= 4 is 33.4 Å². The molecular formula is C13H17BrClNO. The van der Waals surface area contributed by atoms with Crippen LogP contribution in [0.2, 0.25) is 0 Å². The fourth-order valence-corrected chi connectivity index (χ4v) is 2.17. The fraction of sp³-hybridized carbons (Fsp3) is 0.462. The van der Waals surface area contributed by atoms with Gasteiger partial charge in [0, 0.05) is 21.5 Å². The lowest BCUT2D eigenvalue weighted by atomic mass is 9.95. The first-order chi connectivity index (χ1) is 8.00. The molecule has 17 heavy (non-hydrogen) atoms. The Morgan fingerprint density at radius 1 is 1.41 bits per heavy atom. The summed E-state index contributed by atoms with van der Waals surface area (Å²) in [5, 5.41) is 3.04. The van der Waals surface area contributed by atoms with Crippen molar-refractivity contribution in [3.8, 4) is 0 Å². The van der Waals surface area contributed by atoms with E-state index in [2.05, 4.69) is 28.2 Å². The molecule has 0 heterocycles. The smallest absolute Gasteiger partial charge is 0.251 e. The molecule has 1 unspecified atom stereocenters. The monoisotopic (exact) mass is 317 g/mol. The van der Waals surface area contributed by atoms with Crippen LogP contribution in [0.15, 0.2) is 28.7 Å². The van der Waals surface area contributed by atoms with Crippen LogP contribution in [0.3, 0.4) is 0 Å². The first-order valence-corrected chi connectivity index (χ1v) is 6.97. The van der Waals surface area contributed by atoms with E-state index in [4.69, 9.17) is 11.6 Å². The highest BCUT2D eigenvalue weighted by Gasteiger charge is 2.23. The summed E-state index contributed by atoms with van der Waals surface area (Å²) < 4.78 is 0.966. The van der Waals surface area contributed by atoms with Gasteiger partial charge in [0.1, 0.15) is 0 Å². The molecule has 0 saturated carbocycles. The van der Waals surface area contributed by atoms with E-state index >= 15 is 0 Å². The molecule has 0 aliphatic carbocycles. The number of amides is 1. The molecule has 0 fully saturated rings. The maximum Gasteiger partial charge on any atom is 0.251 e. The summed E-state index contributed by atoms with van der Waals surface area (Å²) in [7, 11) is 0. The molecule has 0 bridgehead atoms. The van der Waals surface area contributed by atoms with E-state index in [0.29, 0.717) is 11.4 Å². The lowest BCUT2D eigenvalue weighted by Gasteiger charge is -2.29. The Morgan fingerprint density at radius 3 is 2.47 bits per heavy atom. The number of hydrogen-bond acceptors (Lipinski definition) is 1. The van der Waals surface area contributed by atoms with Crippen LogP contribution in [0.25, 0.3) is 0 Å². The Morgan fingerprint density at radius 2 is 2.00 bits per heavy atom. The molecule has 0 spiro atoms. The van der Waals surface area contributed by atoms with Crippen LogP contribution in [0.1, 0.15) is 37.0 Å². The highest BCUT2D eigenvalue weighted by Crippen LogP contribution is 2.17. The van der Waals surface area contributed by atoms with Gasteiger partial charge in [-0.3, -0.25) is 4.79 Å². The quantitative estimate of drug-likeness (QED) is 0.818. The number of nitrogens with one attached hydrogen (secondary N) is 1. The molecule has 4 heteroatoms. The van der Waals surface area contributed by atoms with Crippen LogP contribution in [0, 0.1) is 0 Å². The van der Waals surface area contributed by atoms with Crippen molar-refractivity contribution in [3.63, 3.8) is 0 Å².